The molecule has 0 radical (unpaired) electrons. The Bertz CT molecular complexity index is 445. The van der Waals surface area contributed by atoms with E-state index in [-0.39, 0.29) is 6.04 Å². The molecule has 0 amide bonds. The summed E-state index contributed by atoms with van der Waals surface area (Å²) < 4.78 is 5.50. The summed E-state index contributed by atoms with van der Waals surface area (Å²) in [7, 11) is 3.92. The van der Waals surface area contributed by atoms with E-state index >= 15 is 0 Å². The van der Waals surface area contributed by atoms with Crippen LogP contribution in [-0.4, -0.2) is 20.2 Å². The molecular formula is C17H28N2O. The van der Waals surface area contributed by atoms with Gasteiger partial charge in [-0.25, -0.2) is 0 Å². The molecule has 20 heavy (non-hydrogen) atoms. The lowest BCUT2D eigenvalue weighted by Crippen LogP contribution is -2.39. The van der Waals surface area contributed by atoms with Crippen LogP contribution in [0, 0.1) is 5.92 Å². The van der Waals surface area contributed by atoms with Gasteiger partial charge >= 0.3 is 0 Å². The second kappa shape index (κ2) is 6.49. The molecule has 0 bridgehead atoms. The molecule has 1 fully saturated rings. The number of methoxy groups -OCH3 is 1. The first-order valence-electron chi connectivity index (χ1n) is 7.71. The van der Waals surface area contributed by atoms with Gasteiger partial charge in [-0.15, -0.1) is 0 Å². The fraction of sp³-hybridized carbons (Fsp3) is 0.647. The highest BCUT2D eigenvalue weighted by molar-refractivity contribution is 5.61. The average Bonchev–Trinajstić information content (AvgIpc) is 2.46. The first-order valence-corrected chi connectivity index (χ1v) is 7.71. The van der Waals surface area contributed by atoms with Crippen molar-refractivity contribution in [3.63, 3.8) is 0 Å². The Balaban J connectivity index is 2.35. The van der Waals surface area contributed by atoms with E-state index < -0.39 is 0 Å². The van der Waals surface area contributed by atoms with Crippen LogP contribution in [0.1, 0.15) is 51.1 Å². The van der Waals surface area contributed by atoms with E-state index in [1.165, 1.54) is 31.4 Å². The number of anilines is 1. The van der Waals surface area contributed by atoms with E-state index in [2.05, 4.69) is 31.0 Å². The third-order valence-electron chi connectivity index (χ3n) is 4.66. The third-order valence-corrected chi connectivity index (χ3v) is 4.66. The second-order valence-corrected chi connectivity index (χ2v) is 6.12. The molecule has 0 saturated heterocycles. The summed E-state index contributed by atoms with van der Waals surface area (Å²) in [5.74, 6) is 1.63. The van der Waals surface area contributed by atoms with Gasteiger partial charge < -0.3 is 15.4 Å². The number of nitrogens with two attached hydrogens (primary N) is 1. The predicted octanol–water partition coefficient (Wildman–Crippen LogP) is 3.73. The molecule has 1 saturated carbocycles. The minimum absolute atomic E-state index is 0.0255. The largest absolute Gasteiger partial charge is 0.496 e. The van der Waals surface area contributed by atoms with Gasteiger partial charge in [0.25, 0.3) is 0 Å². The van der Waals surface area contributed by atoms with Gasteiger partial charge in [-0.3, -0.25) is 0 Å². The SMILES string of the molecule is COc1cccc(N(C)C2CCCCC2C)c1[C@H](C)N. The first kappa shape index (κ1) is 15.2. The van der Waals surface area contributed by atoms with E-state index in [1.54, 1.807) is 7.11 Å². The number of ether oxygens (including phenoxy) is 1. The van der Waals surface area contributed by atoms with Crippen molar-refractivity contribution in [3.05, 3.63) is 23.8 Å². The van der Waals surface area contributed by atoms with Crippen molar-refractivity contribution in [2.75, 3.05) is 19.1 Å². The van der Waals surface area contributed by atoms with Gasteiger partial charge in [-0.05, 0) is 37.8 Å². The molecule has 1 aliphatic rings. The molecule has 0 spiro atoms. The van der Waals surface area contributed by atoms with E-state index in [9.17, 15) is 0 Å². The fourth-order valence-electron chi connectivity index (χ4n) is 3.53. The molecule has 1 aliphatic carbocycles. The van der Waals surface area contributed by atoms with E-state index in [0.29, 0.717) is 6.04 Å². The van der Waals surface area contributed by atoms with Crippen LogP contribution < -0.4 is 15.4 Å². The molecule has 2 N–H and O–H groups in total. The maximum Gasteiger partial charge on any atom is 0.125 e. The van der Waals surface area contributed by atoms with Gasteiger partial charge in [-0.2, -0.15) is 0 Å². The quantitative estimate of drug-likeness (QED) is 0.910. The van der Waals surface area contributed by atoms with Gasteiger partial charge in [0.1, 0.15) is 5.75 Å². The lowest BCUT2D eigenvalue weighted by Gasteiger charge is -2.39. The minimum atomic E-state index is -0.0255. The van der Waals surface area contributed by atoms with Crippen LogP contribution in [0.15, 0.2) is 18.2 Å². The van der Waals surface area contributed by atoms with E-state index in [4.69, 9.17) is 10.5 Å². The molecule has 3 heteroatoms. The van der Waals surface area contributed by atoms with Gasteiger partial charge in [0.2, 0.25) is 0 Å². The Hall–Kier alpha value is -1.22. The van der Waals surface area contributed by atoms with Crippen molar-refractivity contribution >= 4 is 5.69 Å². The molecule has 0 aliphatic heterocycles. The van der Waals surface area contributed by atoms with Crippen molar-refractivity contribution in [1.82, 2.24) is 0 Å². The maximum absolute atomic E-state index is 6.19. The maximum atomic E-state index is 6.19. The van der Waals surface area contributed by atoms with Crippen LogP contribution in [-0.2, 0) is 0 Å². The Morgan fingerprint density at radius 2 is 2.00 bits per heavy atom. The number of hydrogen-bond acceptors (Lipinski definition) is 3. The van der Waals surface area contributed by atoms with Crippen molar-refractivity contribution in [2.24, 2.45) is 11.7 Å². The lowest BCUT2D eigenvalue weighted by molar-refractivity contribution is 0.321. The Morgan fingerprint density at radius 1 is 1.30 bits per heavy atom. The van der Waals surface area contributed by atoms with Crippen LogP contribution in [0.2, 0.25) is 0 Å². The zero-order valence-corrected chi connectivity index (χ0v) is 13.2. The second-order valence-electron chi connectivity index (χ2n) is 6.12. The number of benzene rings is 1. The van der Waals surface area contributed by atoms with Crippen LogP contribution in [0.4, 0.5) is 5.69 Å². The standard InChI is InChI=1S/C17H28N2O/c1-12-8-5-6-9-14(12)19(3)15-10-7-11-16(20-4)17(15)13(2)18/h7,10-14H,5-6,8-9,18H2,1-4H3/t12?,13-,14?/m0/s1. The van der Waals surface area contributed by atoms with Crippen LogP contribution >= 0.6 is 0 Å². The van der Waals surface area contributed by atoms with Crippen molar-refractivity contribution < 1.29 is 4.74 Å². The molecule has 2 unspecified atom stereocenters. The predicted molar refractivity (Wildman–Crippen MR) is 85.4 cm³/mol. The molecule has 112 valence electrons. The summed E-state index contributed by atoms with van der Waals surface area (Å²) in [6.45, 7) is 4.39. The smallest absolute Gasteiger partial charge is 0.125 e. The van der Waals surface area contributed by atoms with Gasteiger partial charge in [0, 0.05) is 30.4 Å². The summed E-state index contributed by atoms with van der Waals surface area (Å²) in [6.07, 6.45) is 5.29. The third kappa shape index (κ3) is 2.93. The molecule has 1 aromatic carbocycles. The summed E-state index contributed by atoms with van der Waals surface area (Å²) in [5.41, 5.74) is 8.53. The van der Waals surface area contributed by atoms with Gasteiger partial charge in [0.05, 0.1) is 7.11 Å². The molecule has 0 heterocycles. The van der Waals surface area contributed by atoms with Crippen LogP contribution in [0.5, 0.6) is 5.75 Å². The Kier molecular flexibility index (Phi) is 4.92. The average molecular weight is 276 g/mol. The zero-order valence-electron chi connectivity index (χ0n) is 13.2. The molecule has 0 aromatic heterocycles. The minimum Gasteiger partial charge on any atom is -0.496 e. The molecule has 1 aromatic rings. The number of nitrogens with zero attached hydrogens (tertiary/aromatic N) is 1. The topological polar surface area (TPSA) is 38.5 Å². The number of rotatable bonds is 4. The summed E-state index contributed by atoms with van der Waals surface area (Å²) in [5, 5.41) is 0. The Labute approximate surface area is 123 Å². The molecule has 3 atom stereocenters. The monoisotopic (exact) mass is 276 g/mol. The van der Waals surface area contributed by atoms with Crippen molar-refractivity contribution in [1.29, 1.82) is 0 Å². The first-order chi connectivity index (χ1) is 9.56. The fourth-order valence-corrected chi connectivity index (χ4v) is 3.53. The highest BCUT2D eigenvalue weighted by Gasteiger charge is 2.27. The number of hydrogen-bond donors (Lipinski definition) is 1. The van der Waals surface area contributed by atoms with Crippen LogP contribution in [0.25, 0.3) is 0 Å². The summed E-state index contributed by atoms with van der Waals surface area (Å²) in [6, 6.07) is 6.81. The Morgan fingerprint density at radius 3 is 2.60 bits per heavy atom. The highest BCUT2D eigenvalue weighted by Crippen LogP contribution is 2.37. The van der Waals surface area contributed by atoms with E-state index in [0.717, 1.165) is 17.2 Å². The normalized spacial score (nSPS) is 24.2. The van der Waals surface area contributed by atoms with Gasteiger partial charge in [0.15, 0.2) is 0 Å². The molecular weight excluding hydrogens is 248 g/mol. The van der Waals surface area contributed by atoms with Crippen molar-refractivity contribution in [2.45, 2.75) is 51.6 Å². The van der Waals surface area contributed by atoms with E-state index in [1.807, 2.05) is 13.0 Å². The van der Waals surface area contributed by atoms with Crippen molar-refractivity contribution in [3.8, 4) is 5.75 Å². The highest BCUT2D eigenvalue weighted by atomic mass is 16.5. The lowest BCUT2D eigenvalue weighted by atomic mass is 9.84. The zero-order chi connectivity index (χ0) is 14.7. The summed E-state index contributed by atoms with van der Waals surface area (Å²) >= 11 is 0. The van der Waals surface area contributed by atoms with Crippen LogP contribution in [0.3, 0.4) is 0 Å². The molecule has 3 nitrogen and oxygen atoms in total. The van der Waals surface area contributed by atoms with Gasteiger partial charge in [-0.1, -0.05) is 25.8 Å². The molecule has 2 rings (SSSR count). The summed E-state index contributed by atoms with van der Waals surface area (Å²) in [4.78, 5) is 2.42.